The van der Waals surface area contributed by atoms with Crippen LogP contribution in [0, 0.1) is 17.5 Å². The summed E-state index contributed by atoms with van der Waals surface area (Å²) in [6.07, 6.45) is 2.66. The van der Waals surface area contributed by atoms with Crippen LogP contribution in [0.3, 0.4) is 0 Å². The molecular formula is C23H27F3O3. The minimum Gasteiger partial charge on any atom is -0.494 e. The molecule has 6 heteroatoms. The van der Waals surface area contributed by atoms with Gasteiger partial charge in [-0.25, -0.2) is 13.2 Å². The maximum atomic E-state index is 14.8. The SMILES string of the molecule is CCCOc1ccc(-c2ccc(C3CCC(OCCC)OC3)c(F)c2F)c(F)c1. The first-order valence-corrected chi connectivity index (χ1v) is 10.2. The molecule has 2 unspecified atom stereocenters. The highest BCUT2D eigenvalue weighted by Crippen LogP contribution is 2.35. The van der Waals surface area contributed by atoms with Crippen molar-refractivity contribution in [1.29, 1.82) is 0 Å². The van der Waals surface area contributed by atoms with Crippen molar-refractivity contribution in [3.05, 3.63) is 53.3 Å². The van der Waals surface area contributed by atoms with Gasteiger partial charge in [0.25, 0.3) is 0 Å². The molecule has 1 aliphatic rings. The van der Waals surface area contributed by atoms with Gasteiger partial charge in [-0.05, 0) is 43.4 Å². The number of hydrogen-bond acceptors (Lipinski definition) is 3. The van der Waals surface area contributed by atoms with E-state index in [9.17, 15) is 13.2 Å². The van der Waals surface area contributed by atoms with Crippen molar-refractivity contribution >= 4 is 0 Å². The smallest absolute Gasteiger partial charge is 0.167 e. The van der Waals surface area contributed by atoms with Crippen LogP contribution in [0.5, 0.6) is 5.75 Å². The van der Waals surface area contributed by atoms with Crippen LogP contribution in [0.1, 0.15) is 51.0 Å². The van der Waals surface area contributed by atoms with E-state index in [0.29, 0.717) is 31.8 Å². The molecule has 158 valence electrons. The van der Waals surface area contributed by atoms with Crippen LogP contribution in [0.25, 0.3) is 11.1 Å². The van der Waals surface area contributed by atoms with Crippen molar-refractivity contribution in [3.63, 3.8) is 0 Å². The van der Waals surface area contributed by atoms with Gasteiger partial charge in [-0.1, -0.05) is 26.0 Å². The molecule has 1 fully saturated rings. The summed E-state index contributed by atoms with van der Waals surface area (Å²) in [5, 5.41) is 0. The first-order chi connectivity index (χ1) is 14.0. The molecule has 2 aromatic carbocycles. The van der Waals surface area contributed by atoms with Crippen LogP contribution in [-0.4, -0.2) is 26.1 Å². The minimum absolute atomic E-state index is 0.00437. The van der Waals surface area contributed by atoms with E-state index in [-0.39, 0.29) is 35.5 Å². The monoisotopic (exact) mass is 408 g/mol. The van der Waals surface area contributed by atoms with Gasteiger partial charge in [0.2, 0.25) is 0 Å². The zero-order valence-electron chi connectivity index (χ0n) is 16.8. The van der Waals surface area contributed by atoms with Gasteiger partial charge in [-0.3, -0.25) is 0 Å². The molecule has 0 saturated carbocycles. The molecule has 2 atom stereocenters. The molecule has 0 bridgehead atoms. The summed E-state index contributed by atoms with van der Waals surface area (Å²) in [6.45, 7) is 5.30. The molecular weight excluding hydrogens is 381 g/mol. The molecule has 3 nitrogen and oxygen atoms in total. The van der Waals surface area contributed by atoms with Crippen LogP contribution in [0.4, 0.5) is 13.2 Å². The van der Waals surface area contributed by atoms with Crippen molar-refractivity contribution in [2.45, 2.75) is 51.7 Å². The second kappa shape index (κ2) is 10.1. The molecule has 1 heterocycles. The fourth-order valence-electron chi connectivity index (χ4n) is 3.47. The topological polar surface area (TPSA) is 27.7 Å². The van der Waals surface area contributed by atoms with Crippen molar-refractivity contribution in [2.24, 2.45) is 0 Å². The normalized spacial score (nSPS) is 19.3. The first kappa shape index (κ1) is 21.7. The molecule has 1 saturated heterocycles. The van der Waals surface area contributed by atoms with E-state index in [2.05, 4.69) is 0 Å². The van der Waals surface area contributed by atoms with Crippen molar-refractivity contribution in [1.82, 2.24) is 0 Å². The third-order valence-electron chi connectivity index (χ3n) is 5.00. The lowest BCUT2D eigenvalue weighted by Crippen LogP contribution is -2.28. The lowest BCUT2D eigenvalue weighted by atomic mass is 9.90. The van der Waals surface area contributed by atoms with Gasteiger partial charge >= 0.3 is 0 Å². The van der Waals surface area contributed by atoms with E-state index in [1.165, 1.54) is 24.3 Å². The first-order valence-electron chi connectivity index (χ1n) is 10.2. The summed E-state index contributed by atoms with van der Waals surface area (Å²) in [7, 11) is 0. The van der Waals surface area contributed by atoms with Gasteiger partial charge < -0.3 is 14.2 Å². The van der Waals surface area contributed by atoms with Crippen molar-refractivity contribution < 1.29 is 27.4 Å². The Morgan fingerprint density at radius 1 is 0.931 bits per heavy atom. The predicted octanol–water partition coefficient (Wildman–Crippen LogP) is 6.21. The molecule has 0 radical (unpaired) electrons. The summed E-state index contributed by atoms with van der Waals surface area (Å²) < 4.78 is 60.6. The average Bonchev–Trinajstić information content (AvgIpc) is 2.74. The summed E-state index contributed by atoms with van der Waals surface area (Å²) in [4.78, 5) is 0. The summed E-state index contributed by atoms with van der Waals surface area (Å²) >= 11 is 0. The molecule has 0 N–H and O–H groups in total. The van der Waals surface area contributed by atoms with E-state index in [1.54, 1.807) is 6.07 Å². The van der Waals surface area contributed by atoms with Crippen molar-refractivity contribution in [2.75, 3.05) is 19.8 Å². The van der Waals surface area contributed by atoms with Gasteiger partial charge in [0.1, 0.15) is 11.6 Å². The Hall–Kier alpha value is -2.05. The molecule has 0 aromatic heterocycles. The number of rotatable bonds is 8. The Morgan fingerprint density at radius 3 is 2.34 bits per heavy atom. The van der Waals surface area contributed by atoms with Crippen LogP contribution in [0.15, 0.2) is 30.3 Å². The third kappa shape index (κ3) is 5.11. The second-order valence-corrected chi connectivity index (χ2v) is 7.23. The molecule has 2 aromatic rings. The summed E-state index contributed by atoms with van der Waals surface area (Å²) in [6, 6.07) is 7.12. The minimum atomic E-state index is -1.05. The number of ether oxygens (including phenoxy) is 3. The van der Waals surface area contributed by atoms with Crippen LogP contribution in [0.2, 0.25) is 0 Å². The lowest BCUT2D eigenvalue weighted by molar-refractivity contribution is -0.167. The Kier molecular flexibility index (Phi) is 7.56. The van der Waals surface area contributed by atoms with E-state index in [1.807, 2.05) is 13.8 Å². The molecule has 1 aliphatic heterocycles. The number of hydrogen-bond donors (Lipinski definition) is 0. The maximum absolute atomic E-state index is 14.8. The fourth-order valence-corrected chi connectivity index (χ4v) is 3.47. The van der Waals surface area contributed by atoms with Gasteiger partial charge in [-0.15, -0.1) is 0 Å². The highest BCUT2D eigenvalue weighted by molar-refractivity contribution is 5.66. The molecule has 0 amide bonds. The summed E-state index contributed by atoms with van der Waals surface area (Å²) in [5.41, 5.74) is 0.153. The van der Waals surface area contributed by atoms with E-state index in [0.717, 1.165) is 12.8 Å². The van der Waals surface area contributed by atoms with E-state index >= 15 is 0 Å². The van der Waals surface area contributed by atoms with E-state index < -0.39 is 17.5 Å². The third-order valence-corrected chi connectivity index (χ3v) is 5.00. The van der Waals surface area contributed by atoms with Crippen LogP contribution >= 0.6 is 0 Å². The predicted molar refractivity (Wildman–Crippen MR) is 105 cm³/mol. The summed E-state index contributed by atoms with van der Waals surface area (Å²) in [5.74, 6) is -2.54. The Balaban J connectivity index is 1.76. The molecule has 0 aliphatic carbocycles. The number of halogens is 3. The maximum Gasteiger partial charge on any atom is 0.167 e. The number of benzene rings is 2. The van der Waals surface area contributed by atoms with Crippen LogP contribution in [-0.2, 0) is 9.47 Å². The zero-order valence-corrected chi connectivity index (χ0v) is 16.8. The largest absolute Gasteiger partial charge is 0.494 e. The van der Waals surface area contributed by atoms with Gasteiger partial charge in [0.05, 0.1) is 13.2 Å². The van der Waals surface area contributed by atoms with Gasteiger partial charge in [0, 0.05) is 29.7 Å². The quantitative estimate of drug-likeness (QED) is 0.520. The average molecular weight is 408 g/mol. The Labute approximate surface area is 169 Å². The Bertz CT molecular complexity index is 817. The highest BCUT2D eigenvalue weighted by Gasteiger charge is 2.27. The van der Waals surface area contributed by atoms with Gasteiger partial charge in [-0.2, -0.15) is 0 Å². The zero-order chi connectivity index (χ0) is 20.8. The second-order valence-electron chi connectivity index (χ2n) is 7.23. The molecule has 0 spiro atoms. The standard InChI is InChI=1S/C23H27F3O3/c1-3-11-27-16-6-7-18(20(24)13-16)19-9-8-17(22(25)23(19)26)15-5-10-21(29-14-15)28-12-4-2/h6-9,13,15,21H,3-5,10-12,14H2,1-2H3. The van der Waals surface area contributed by atoms with Crippen LogP contribution < -0.4 is 4.74 Å². The fraction of sp³-hybridized carbons (Fsp3) is 0.478. The lowest BCUT2D eigenvalue weighted by Gasteiger charge is -2.29. The molecule has 3 rings (SSSR count). The highest BCUT2D eigenvalue weighted by atomic mass is 19.2. The Morgan fingerprint density at radius 2 is 1.69 bits per heavy atom. The van der Waals surface area contributed by atoms with E-state index in [4.69, 9.17) is 14.2 Å². The van der Waals surface area contributed by atoms with Gasteiger partial charge in [0.15, 0.2) is 17.9 Å². The van der Waals surface area contributed by atoms with Crippen molar-refractivity contribution in [3.8, 4) is 16.9 Å². The molecule has 29 heavy (non-hydrogen) atoms.